The Labute approximate surface area is 150 Å². The molecule has 7 heteroatoms. The quantitative estimate of drug-likeness (QED) is 0.691. The van der Waals surface area contributed by atoms with Crippen LogP contribution in [0.25, 0.3) is 0 Å². The third kappa shape index (κ3) is 5.93. The van der Waals surface area contributed by atoms with Crippen molar-refractivity contribution in [3.05, 3.63) is 65.7 Å². The molecule has 0 aliphatic carbocycles. The van der Waals surface area contributed by atoms with Gasteiger partial charge in [0.2, 0.25) is 0 Å². The third-order valence-electron chi connectivity index (χ3n) is 3.81. The van der Waals surface area contributed by atoms with E-state index in [2.05, 4.69) is 5.32 Å². The van der Waals surface area contributed by atoms with Crippen molar-refractivity contribution in [2.24, 2.45) is 0 Å². The van der Waals surface area contributed by atoms with E-state index < -0.39 is 34.7 Å². The van der Waals surface area contributed by atoms with Crippen molar-refractivity contribution in [3.8, 4) is 0 Å². The van der Waals surface area contributed by atoms with Crippen LogP contribution >= 0.6 is 0 Å². The SMILES string of the molecule is CC(O)(CCc1ccccc1)CNC(=O)C(=O)Nc1cc(F)ccc1F. The third-order valence-corrected chi connectivity index (χ3v) is 3.81. The first-order chi connectivity index (χ1) is 12.3. The lowest BCUT2D eigenvalue weighted by Crippen LogP contribution is -2.44. The molecule has 0 saturated carbocycles. The van der Waals surface area contributed by atoms with Crippen LogP contribution in [0, 0.1) is 11.6 Å². The van der Waals surface area contributed by atoms with Gasteiger partial charge in [0.05, 0.1) is 11.3 Å². The summed E-state index contributed by atoms with van der Waals surface area (Å²) in [6.45, 7) is 1.39. The number of benzene rings is 2. The Morgan fingerprint density at radius 3 is 2.46 bits per heavy atom. The van der Waals surface area contributed by atoms with E-state index in [4.69, 9.17) is 0 Å². The number of halogens is 2. The van der Waals surface area contributed by atoms with Crippen molar-refractivity contribution in [2.45, 2.75) is 25.4 Å². The van der Waals surface area contributed by atoms with Gasteiger partial charge in [-0.05, 0) is 37.5 Å². The molecule has 26 heavy (non-hydrogen) atoms. The summed E-state index contributed by atoms with van der Waals surface area (Å²) < 4.78 is 26.6. The van der Waals surface area contributed by atoms with E-state index in [1.807, 2.05) is 35.6 Å². The highest BCUT2D eigenvalue weighted by Crippen LogP contribution is 2.15. The number of rotatable bonds is 6. The maximum absolute atomic E-state index is 13.5. The molecule has 0 fully saturated rings. The molecule has 0 spiro atoms. The summed E-state index contributed by atoms with van der Waals surface area (Å²) in [5, 5.41) is 14.6. The van der Waals surface area contributed by atoms with Crippen LogP contribution in [0.3, 0.4) is 0 Å². The molecule has 0 aliphatic heterocycles. The molecule has 2 aromatic rings. The lowest BCUT2D eigenvalue weighted by Gasteiger charge is -2.23. The average Bonchev–Trinajstić information content (AvgIpc) is 2.62. The fraction of sp³-hybridized carbons (Fsp3) is 0.263. The maximum Gasteiger partial charge on any atom is 0.313 e. The van der Waals surface area contributed by atoms with Gasteiger partial charge in [0.1, 0.15) is 11.6 Å². The maximum atomic E-state index is 13.5. The van der Waals surface area contributed by atoms with E-state index in [1.54, 1.807) is 6.92 Å². The number of aryl methyl sites for hydroxylation is 1. The van der Waals surface area contributed by atoms with Crippen LogP contribution in [0.5, 0.6) is 0 Å². The number of amides is 2. The minimum absolute atomic E-state index is 0.155. The van der Waals surface area contributed by atoms with Gasteiger partial charge in [-0.1, -0.05) is 30.3 Å². The second kappa shape index (κ2) is 8.53. The normalized spacial score (nSPS) is 12.9. The molecule has 0 bridgehead atoms. The van der Waals surface area contributed by atoms with Crippen LogP contribution in [-0.2, 0) is 16.0 Å². The second-order valence-electron chi connectivity index (χ2n) is 6.24. The van der Waals surface area contributed by atoms with Crippen molar-refractivity contribution in [3.63, 3.8) is 0 Å². The largest absolute Gasteiger partial charge is 0.388 e. The molecule has 0 aliphatic rings. The highest BCUT2D eigenvalue weighted by atomic mass is 19.1. The molecule has 5 nitrogen and oxygen atoms in total. The molecule has 0 heterocycles. The molecule has 0 aromatic heterocycles. The summed E-state index contributed by atoms with van der Waals surface area (Å²) in [4.78, 5) is 23.6. The molecular weight excluding hydrogens is 342 g/mol. The molecule has 138 valence electrons. The molecular formula is C19H20F2N2O3. The van der Waals surface area contributed by atoms with Gasteiger partial charge in [0.15, 0.2) is 0 Å². The van der Waals surface area contributed by atoms with Gasteiger partial charge >= 0.3 is 11.8 Å². The Bertz CT molecular complexity index is 780. The highest BCUT2D eigenvalue weighted by Gasteiger charge is 2.23. The van der Waals surface area contributed by atoms with Crippen molar-refractivity contribution < 1.29 is 23.5 Å². The van der Waals surface area contributed by atoms with Crippen LogP contribution in [0.2, 0.25) is 0 Å². The minimum Gasteiger partial charge on any atom is -0.388 e. The van der Waals surface area contributed by atoms with Gasteiger partial charge in [0, 0.05) is 12.6 Å². The summed E-state index contributed by atoms with van der Waals surface area (Å²) in [5.41, 5.74) is -0.616. The molecule has 0 saturated heterocycles. The lowest BCUT2D eigenvalue weighted by atomic mass is 9.97. The van der Waals surface area contributed by atoms with Gasteiger partial charge in [-0.3, -0.25) is 9.59 Å². The Morgan fingerprint density at radius 2 is 1.77 bits per heavy atom. The first kappa shape index (κ1) is 19.5. The first-order valence-corrected chi connectivity index (χ1v) is 8.07. The zero-order valence-corrected chi connectivity index (χ0v) is 14.3. The van der Waals surface area contributed by atoms with Crippen LogP contribution in [0.4, 0.5) is 14.5 Å². The predicted molar refractivity (Wildman–Crippen MR) is 93.4 cm³/mol. The summed E-state index contributed by atoms with van der Waals surface area (Å²) >= 11 is 0. The molecule has 2 aromatic carbocycles. The van der Waals surface area contributed by atoms with Crippen molar-refractivity contribution in [1.82, 2.24) is 5.32 Å². The second-order valence-corrected chi connectivity index (χ2v) is 6.24. The van der Waals surface area contributed by atoms with E-state index in [0.29, 0.717) is 12.8 Å². The Hall–Kier alpha value is -2.80. The van der Waals surface area contributed by atoms with Gasteiger partial charge in [0.25, 0.3) is 0 Å². The van der Waals surface area contributed by atoms with E-state index in [9.17, 15) is 23.5 Å². The monoisotopic (exact) mass is 362 g/mol. The zero-order chi connectivity index (χ0) is 19.2. The van der Waals surface area contributed by atoms with Gasteiger partial charge in [-0.25, -0.2) is 8.78 Å². The fourth-order valence-electron chi connectivity index (χ4n) is 2.27. The number of anilines is 1. The topological polar surface area (TPSA) is 78.4 Å². The molecule has 2 amide bonds. The number of carbonyl (C=O) groups excluding carboxylic acids is 2. The molecule has 3 N–H and O–H groups in total. The standard InChI is InChI=1S/C19H20F2N2O3/c1-19(26,10-9-13-5-3-2-4-6-13)12-22-17(24)18(25)23-16-11-14(20)7-8-15(16)21/h2-8,11,26H,9-10,12H2,1H3,(H,22,24)(H,23,25). The van der Waals surface area contributed by atoms with Crippen molar-refractivity contribution in [2.75, 3.05) is 11.9 Å². The summed E-state index contributed by atoms with van der Waals surface area (Å²) in [7, 11) is 0. The van der Waals surface area contributed by atoms with E-state index in [0.717, 1.165) is 23.8 Å². The fourth-order valence-corrected chi connectivity index (χ4v) is 2.27. The summed E-state index contributed by atoms with van der Waals surface area (Å²) in [6.07, 6.45) is 0.974. The zero-order valence-electron chi connectivity index (χ0n) is 14.3. The van der Waals surface area contributed by atoms with E-state index >= 15 is 0 Å². The average molecular weight is 362 g/mol. The lowest BCUT2D eigenvalue weighted by molar-refractivity contribution is -0.136. The van der Waals surface area contributed by atoms with Crippen molar-refractivity contribution >= 4 is 17.5 Å². The number of hydrogen-bond donors (Lipinski definition) is 3. The smallest absolute Gasteiger partial charge is 0.313 e. The number of carbonyl (C=O) groups is 2. The van der Waals surface area contributed by atoms with Gasteiger partial charge in [-0.2, -0.15) is 0 Å². The van der Waals surface area contributed by atoms with Crippen LogP contribution in [-0.4, -0.2) is 29.1 Å². The highest BCUT2D eigenvalue weighted by molar-refractivity contribution is 6.39. The van der Waals surface area contributed by atoms with Gasteiger partial charge < -0.3 is 15.7 Å². The van der Waals surface area contributed by atoms with Gasteiger partial charge in [-0.15, -0.1) is 0 Å². The van der Waals surface area contributed by atoms with E-state index in [1.165, 1.54) is 0 Å². The molecule has 1 atom stereocenters. The Balaban J connectivity index is 1.84. The summed E-state index contributed by atoms with van der Waals surface area (Å²) in [6, 6.07) is 12.0. The number of hydrogen-bond acceptors (Lipinski definition) is 3. The van der Waals surface area contributed by atoms with Crippen LogP contribution in [0.1, 0.15) is 18.9 Å². The predicted octanol–water partition coefficient (Wildman–Crippen LogP) is 2.40. The Kier molecular flexibility index (Phi) is 6.41. The number of nitrogens with one attached hydrogen (secondary N) is 2. The first-order valence-electron chi connectivity index (χ1n) is 8.07. The van der Waals surface area contributed by atoms with Crippen LogP contribution < -0.4 is 10.6 Å². The van der Waals surface area contributed by atoms with Crippen molar-refractivity contribution in [1.29, 1.82) is 0 Å². The number of aliphatic hydroxyl groups is 1. The summed E-state index contributed by atoms with van der Waals surface area (Å²) in [5.74, 6) is -3.80. The Morgan fingerprint density at radius 1 is 1.08 bits per heavy atom. The van der Waals surface area contributed by atoms with E-state index in [-0.39, 0.29) is 6.54 Å². The molecule has 0 radical (unpaired) electrons. The minimum atomic E-state index is -1.23. The van der Waals surface area contributed by atoms with Crippen LogP contribution in [0.15, 0.2) is 48.5 Å². The molecule has 2 rings (SSSR count). The molecule has 1 unspecified atom stereocenters.